The second-order valence-corrected chi connectivity index (χ2v) is 5.29. The van der Waals surface area contributed by atoms with Crippen LogP contribution in [0.5, 0.6) is 0 Å². The number of halogens is 2. The van der Waals surface area contributed by atoms with E-state index in [-0.39, 0.29) is 0 Å². The Hall–Kier alpha value is -0.440. The van der Waals surface area contributed by atoms with E-state index >= 15 is 0 Å². The van der Waals surface area contributed by atoms with Crippen LogP contribution < -0.4 is 10.6 Å². The minimum atomic E-state index is 0.319. The summed E-state index contributed by atoms with van der Waals surface area (Å²) >= 11 is 11.9. The summed E-state index contributed by atoms with van der Waals surface area (Å²) in [5, 5.41) is 1.22. The summed E-state index contributed by atoms with van der Waals surface area (Å²) in [6.45, 7) is 4.16. The van der Waals surface area contributed by atoms with Gasteiger partial charge in [-0.15, -0.1) is 0 Å². The molecule has 1 aromatic rings. The number of nitrogens with zero attached hydrogens (tertiary/aromatic N) is 1. The molecule has 2 rings (SSSR count). The molecule has 2 nitrogen and oxygen atoms in total. The van der Waals surface area contributed by atoms with Crippen molar-refractivity contribution in [1.82, 2.24) is 0 Å². The van der Waals surface area contributed by atoms with E-state index in [0.717, 1.165) is 25.2 Å². The van der Waals surface area contributed by atoms with Gasteiger partial charge in [-0.25, -0.2) is 0 Å². The van der Waals surface area contributed by atoms with Gasteiger partial charge < -0.3 is 10.6 Å². The lowest BCUT2D eigenvalue weighted by Gasteiger charge is -2.36. The number of benzene rings is 1. The highest BCUT2D eigenvalue weighted by Gasteiger charge is 2.23. The van der Waals surface area contributed by atoms with Gasteiger partial charge in [0.2, 0.25) is 0 Å². The van der Waals surface area contributed by atoms with Crippen LogP contribution in [0, 0.1) is 5.92 Å². The topological polar surface area (TPSA) is 29.3 Å². The third-order valence-electron chi connectivity index (χ3n) is 3.24. The van der Waals surface area contributed by atoms with E-state index in [9.17, 15) is 0 Å². The minimum Gasteiger partial charge on any atom is -0.371 e. The van der Waals surface area contributed by atoms with Gasteiger partial charge in [-0.05, 0) is 30.5 Å². The maximum Gasteiger partial charge on any atom is 0.0612 e. The Morgan fingerprint density at radius 2 is 2.06 bits per heavy atom. The lowest BCUT2D eigenvalue weighted by Crippen LogP contribution is -2.45. The molecule has 1 saturated heterocycles. The van der Waals surface area contributed by atoms with E-state index in [1.807, 2.05) is 18.2 Å². The van der Waals surface area contributed by atoms with Gasteiger partial charge >= 0.3 is 0 Å². The molecule has 0 bridgehead atoms. The van der Waals surface area contributed by atoms with Crippen molar-refractivity contribution in [3.63, 3.8) is 0 Å². The molecule has 0 spiro atoms. The number of nitrogens with two attached hydrogens (primary N) is 1. The Bertz CT molecular complexity index is 381. The first-order valence-corrected chi connectivity index (χ1v) is 6.29. The fraction of sp³-hybridized carbons (Fsp3) is 0.500. The van der Waals surface area contributed by atoms with E-state index in [2.05, 4.69) is 11.8 Å². The zero-order chi connectivity index (χ0) is 11.7. The molecule has 4 heteroatoms. The molecular weight excluding hydrogens is 243 g/mol. The summed E-state index contributed by atoms with van der Waals surface area (Å²) in [5.74, 6) is 0.517. The Kier molecular flexibility index (Phi) is 3.63. The molecule has 1 fully saturated rings. The van der Waals surface area contributed by atoms with E-state index in [4.69, 9.17) is 28.9 Å². The minimum absolute atomic E-state index is 0.319. The molecule has 2 N–H and O–H groups in total. The summed E-state index contributed by atoms with van der Waals surface area (Å²) in [6, 6.07) is 6.10. The van der Waals surface area contributed by atoms with Crippen molar-refractivity contribution in [3.05, 3.63) is 28.2 Å². The first kappa shape index (κ1) is 12.0. The molecule has 0 aromatic heterocycles. The van der Waals surface area contributed by atoms with Gasteiger partial charge in [-0.2, -0.15) is 0 Å². The second kappa shape index (κ2) is 4.82. The summed E-state index contributed by atoms with van der Waals surface area (Å²) < 4.78 is 0. The standard InChI is InChI=1S/C12H16Cl2N2/c1-8-7-16(5-4-12(8)15)9-2-3-10(13)11(14)6-9/h2-3,6,8,12H,4-5,7,15H2,1H3. The lowest BCUT2D eigenvalue weighted by atomic mass is 9.94. The van der Waals surface area contributed by atoms with Crippen LogP contribution in [-0.2, 0) is 0 Å². The van der Waals surface area contributed by atoms with Gasteiger partial charge in [0.15, 0.2) is 0 Å². The van der Waals surface area contributed by atoms with Crippen molar-refractivity contribution in [2.24, 2.45) is 11.7 Å². The highest BCUT2D eigenvalue weighted by molar-refractivity contribution is 6.42. The van der Waals surface area contributed by atoms with Gasteiger partial charge in [0.25, 0.3) is 0 Å². The monoisotopic (exact) mass is 258 g/mol. The van der Waals surface area contributed by atoms with E-state index in [1.54, 1.807) is 0 Å². The highest BCUT2D eigenvalue weighted by atomic mass is 35.5. The summed E-state index contributed by atoms with van der Waals surface area (Å²) in [7, 11) is 0. The summed E-state index contributed by atoms with van der Waals surface area (Å²) in [4.78, 5) is 2.32. The number of piperidine rings is 1. The molecule has 2 atom stereocenters. The Morgan fingerprint density at radius 1 is 1.31 bits per heavy atom. The van der Waals surface area contributed by atoms with Crippen molar-refractivity contribution >= 4 is 28.9 Å². The quantitative estimate of drug-likeness (QED) is 0.839. The largest absolute Gasteiger partial charge is 0.371 e. The maximum absolute atomic E-state index is 6.01. The number of hydrogen-bond donors (Lipinski definition) is 1. The van der Waals surface area contributed by atoms with Gasteiger partial charge in [0.1, 0.15) is 0 Å². The molecule has 1 aliphatic rings. The first-order chi connectivity index (χ1) is 7.58. The van der Waals surface area contributed by atoms with E-state index in [1.165, 1.54) is 0 Å². The van der Waals surface area contributed by atoms with Crippen molar-refractivity contribution < 1.29 is 0 Å². The predicted molar refractivity (Wildman–Crippen MR) is 70.4 cm³/mol. The average Bonchev–Trinajstić information content (AvgIpc) is 2.26. The Morgan fingerprint density at radius 3 is 2.69 bits per heavy atom. The zero-order valence-electron chi connectivity index (χ0n) is 9.29. The normalized spacial score (nSPS) is 25.9. The molecule has 1 aromatic carbocycles. The van der Waals surface area contributed by atoms with Crippen LogP contribution in [0.15, 0.2) is 18.2 Å². The predicted octanol–water partition coefficient (Wildman–Crippen LogP) is 3.17. The van der Waals surface area contributed by atoms with Gasteiger partial charge in [0, 0.05) is 24.8 Å². The average molecular weight is 259 g/mol. The van der Waals surface area contributed by atoms with Crippen molar-refractivity contribution in [2.45, 2.75) is 19.4 Å². The molecule has 16 heavy (non-hydrogen) atoms. The smallest absolute Gasteiger partial charge is 0.0612 e. The van der Waals surface area contributed by atoms with Crippen LogP contribution in [-0.4, -0.2) is 19.1 Å². The molecular formula is C12H16Cl2N2. The third-order valence-corrected chi connectivity index (χ3v) is 3.98. The fourth-order valence-electron chi connectivity index (χ4n) is 2.08. The summed E-state index contributed by atoms with van der Waals surface area (Å²) in [5.41, 5.74) is 7.13. The third kappa shape index (κ3) is 2.45. The first-order valence-electron chi connectivity index (χ1n) is 5.53. The van der Waals surface area contributed by atoms with Gasteiger partial charge in [0.05, 0.1) is 10.0 Å². The Balaban J connectivity index is 2.15. The zero-order valence-corrected chi connectivity index (χ0v) is 10.8. The van der Waals surface area contributed by atoms with Crippen LogP contribution >= 0.6 is 23.2 Å². The molecule has 0 radical (unpaired) electrons. The summed E-state index contributed by atoms with van der Waals surface area (Å²) in [6.07, 6.45) is 1.03. The molecule has 1 aliphatic heterocycles. The molecule has 2 unspecified atom stereocenters. The molecule has 1 heterocycles. The van der Waals surface area contributed by atoms with Crippen molar-refractivity contribution in [1.29, 1.82) is 0 Å². The second-order valence-electron chi connectivity index (χ2n) is 4.47. The van der Waals surface area contributed by atoms with Crippen LogP contribution in [0.3, 0.4) is 0 Å². The molecule has 0 aliphatic carbocycles. The maximum atomic E-state index is 6.01. The van der Waals surface area contributed by atoms with Crippen LogP contribution in [0.1, 0.15) is 13.3 Å². The van der Waals surface area contributed by atoms with Crippen molar-refractivity contribution in [3.8, 4) is 0 Å². The van der Waals surface area contributed by atoms with Gasteiger partial charge in [-0.3, -0.25) is 0 Å². The molecule has 0 amide bonds. The van der Waals surface area contributed by atoms with Gasteiger partial charge in [-0.1, -0.05) is 30.1 Å². The SMILES string of the molecule is CC1CN(c2ccc(Cl)c(Cl)c2)CCC1N. The highest BCUT2D eigenvalue weighted by Crippen LogP contribution is 2.29. The molecule has 88 valence electrons. The number of hydrogen-bond acceptors (Lipinski definition) is 2. The lowest BCUT2D eigenvalue weighted by molar-refractivity contribution is 0.383. The van der Waals surface area contributed by atoms with Crippen LogP contribution in [0.4, 0.5) is 5.69 Å². The Labute approximate surface area is 106 Å². The van der Waals surface area contributed by atoms with Crippen LogP contribution in [0.25, 0.3) is 0 Å². The van der Waals surface area contributed by atoms with Crippen LogP contribution in [0.2, 0.25) is 10.0 Å². The van der Waals surface area contributed by atoms with E-state index < -0.39 is 0 Å². The van der Waals surface area contributed by atoms with E-state index in [0.29, 0.717) is 22.0 Å². The molecule has 0 saturated carbocycles. The number of anilines is 1. The number of rotatable bonds is 1. The van der Waals surface area contributed by atoms with Crippen molar-refractivity contribution in [2.75, 3.05) is 18.0 Å². The fourth-order valence-corrected chi connectivity index (χ4v) is 2.37.